The standard InChI is InChI=1S/C18H19N3O5.C18H21N3O3.C12H17NO2.C11H15NO2.C10H13NO2.C9H11NO2/c1-21(17(23)9-13-3-2-4-16(19)20-13)10-15(22)12-5-7-14(8-6-12)26-11-18(24)25;1-3-24-15-9-7-13(8-10-15)16(22)12-21(2)18(23)11-14-5-4-6-17(19)20-14;1-4-15-11-7-5-10(6-8-11)12(14)9-13(2)3;1-3-14-10-6-4-9(5-7-10)11(13)8-12-2;1-11(2)7-10(13)8-3-5-9(12)6-4-8;1-10-6-9(12)7-2-4-8(11)5-3-7/h2-8H,9-11H2,1H3,(H2,19,20)(H,24,25);4-10H,3,11-12H2,1-2H3,(H2,19,20);5-8H,4,9H2,1-3H3;4-7,12H,3,8H2,1-2H3;3-6,12H,7H2,1-2H3;2-5,10-11H,6H2,1H3. The number of nitrogens with zero attached hydrogens (tertiary/aromatic N) is 6. The minimum absolute atomic E-state index is 0.00906. The summed E-state index contributed by atoms with van der Waals surface area (Å²) >= 11 is 0. The van der Waals surface area contributed by atoms with Gasteiger partial charge in [-0.15, -0.1) is 0 Å². The van der Waals surface area contributed by atoms with E-state index in [1.54, 1.807) is 130 Å². The highest BCUT2D eigenvalue weighted by Gasteiger charge is 2.18. The van der Waals surface area contributed by atoms with E-state index < -0.39 is 12.6 Å². The van der Waals surface area contributed by atoms with Gasteiger partial charge in [0.1, 0.15) is 46.1 Å². The molecule has 8 aromatic rings. The van der Waals surface area contributed by atoms with Gasteiger partial charge in [0, 0.05) is 47.5 Å². The van der Waals surface area contributed by atoms with Crippen LogP contribution in [-0.4, -0.2) is 219 Å². The van der Waals surface area contributed by atoms with Crippen molar-refractivity contribution in [3.05, 3.63) is 227 Å². The molecule has 9 N–H and O–H groups in total. The number of hydrogen-bond acceptors (Lipinski definition) is 23. The Morgan fingerprint density at radius 1 is 0.375 bits per heavy atom. The average molecular weight is 1430 g/mol. The number of carboxylic acid groups (broad SMARTS) is 1. The maximum Gasteiger partial charge on any atom is 0.341 e. The molecule has 0 atom stereocenters. The number of Topliss-reactive ketones (excluding diaryl/α,β-unsaturated/α-hetero) is 6. The maximum absolute atomic E-state index is 12.3. The number of pyridine rings is 2. The van der Waals surface area contributed by atoms with Crippen LogP contribution in [-0.2, 0) is 27.2 Å². The number of rotatable bonds is 31. The molecule has 0 aliphatic rings. The van der Waals surface area contributed by atoms with Gasteiger partial charge in [-0.1, -0.05) is 12.1 Å². The number of nitrogen functional groups attached to an aromatic ring is 2. The van der Waals surface area contributed by atoms with Crippen molar-refractivity contribution in [2.45, 2.75) is 33.6 Å². The second-order valence-corrected chi connectivity index (χ2v) is 23.2. The quantitative estimate of drug-likeness (QED) is 0.0201. The number of amides is 2. The van der Waals surface area contributed by atoms with E-state index in [9.17, 15) is 43.2 Å². The van der Waals surface area contributed by atoms with E-state index >= 15 is 0 Å². The smallest absolute Gasteiger partial charge is 0.341 e. The molecule has 2 aromatic heterocycles. The molecule has 104 heavy (non-hydrogen) atoms. The third-order valence-electron chi connectivity index (χ3n) is 13.9. The van der Waals surface area contributed by atoms with Gasteiger partial charge < -0.3 is 76.0 Å². The van der Waals surface area contributed by atoms with E-state index in [2.05, 4.69) is 20.6 Å². The molecule has 0 aliphatic carbocycles. The third-order valence-corrected chi connectivity index (χ3v) is 13.9. The maximum atomic E-state index is 12.3. The zero-order valence-electron chi connectivity index (χ0n) is 60.8. The molecule has 8 rings (SSSR count). The first-order chi connectivity index (χ1) is 49.6. The highest BCUT2D eigenvalue weighted by atomic mass is 16.5. The normalized spacial score (nSPS) is 10.2. The van der Waals surface area contributed by atoms with Crippen LogP contribution >= 0.6 is 0 Å². The fraction of sp³-hybridized carbons (Fsp3) is 0.295. The van der Waals surface area contributed by atoms with Crippen LogP contribution in [0.5, 0.6) is 34.5 Å². The van der Waals surface area contributed by atoms with Crippen molar-refractivity contribution in [2.24, 2.45) is 0 Å². The number of carbonyl (C=O) groups excluding carboxylic acids is 8. The molecular formula is C78H96N10O16. The van der Waals surface area contributed by atoms with Crippen molar-refractivity contribution < 1.29 is 77.4 Å². The number of phenolic OH excluding ortho intramolecular Hbond substituents is 2. The van der Waals surface area contributed by atoms with E-state index in [4.69, 9.17) is 45.7 Å². The van der Waals surface area contributed by atoms with Crippen LogP contribution in [0.2, 0.25) is 0 Å². The number of ketones is 6. The van der Waals surface area contributed by atoms with Gasteiger partial charge in [0.15, 0.2) is 41.3 Å². The average Bonchev–Trinajstić information content (AvgIpc) is 0.880. The molecule has 0 saturated heterocycles. The first kappa shape index (κ1) is 86.5. The van der Waals surface area contributed by atoms with E-state index in [0.717, 1.165) is 17.1 Å². The SMILES string of the molecule is CCOc1ccc(C(=O)CN(C)C(=O)Cc2cccc(N)n2)cc1.CCOc1ccc(C(=O)CN(C)C)cc1.CCOc1ccc(C(=O)CNC)cc1.CN(C)CC(=O)c1ccc(O)cc1.CN(CC(=O)c1ccc(OCC(=O)O)cc1)C(=O)Cc1cccc(N)n1.CNCC(=O)c1ccc(O)cc1. The largest absolute Gasteiger partial charge is 0.508 e. The fourth-order valence-corrected chi connectivity index (χ4v) is 8.73. The topological polar surface area (TPSA) is 366 Å². The van der Waals surface area contributed by atoms with Gasteiger partial charge >= 0.3 is 5.97 Å². The molecule has 2 heterocycles. The van der Waals surface area contributed by atoms with Crippen LogP contribution in [0.3, 0.4) is 0 Å². The Morgan fingerprint density at radius 2 is 0.635 bits per heavy atom. The number of aromatic nitrogens is 2. The number of carboxylic acids is 1. The van der Waals surface area contributed by atoms with Crippen molar-refractivity contribution in [1.29, 1.82) is 0 Å². The highest BCUT2D eigenvalue weighted by molar-refractivity contribution is 6.01. The molecule has 0 radical (unpaired) electrons. The number of aliphatic carboxylic acids is 1. The number of aromatic hydroxyl groups is 2. The molecule has 0 aliphatic heterocycles. The molecule has 0 unspecified atom stereocenters. The van der Waals surface area contributed by atoms with Crippen molar-refractivity contribution in [1.82, 2.24) is 40.2 Å². The Balaban J connectivity index is 0.000000333. The summed E-state index contributed by atoms with van der Waals surface area (Å²) in [6, 6.07) is 50.1. The monoisotopic (exact) mass is 1430 g/mol. The summed E-state index contributed by atoms with van der Waals surface area (Å²) in [6.07, 6.45) is 0.162. The van der Waals surface area contributed by atoms with Gasteiger partial charge in [-0.05, 0) is 233 Å². The number of hydrogen-bond donors (Lipinski definition) is 7. The second kappa shape index (κ2) is 47.4. The van der Waals surface area contributed by atoms with E-state index in [1.807, 2.05) is 83.0 Å². The van der Waals surface area contributed by atoms with Gasteiger partial charge in [-0.2, -0.15) is 0 Å². The number of anilines is 2. The summed E-state index contributed by atoms with van der Waals surface area (Å²) in [4.78, 5) is 120. The summed E-state index contributed by atoms with van der Waals surface area (Å²) in [6.45, 7) is 8.61. The predicted octanol–water partition coefficient (Wildman–Crippen LogP) is 8.21. The van der Waals surface area contributed by atoms with Crippen molar-refractivity contribution in [3.63, 3.8) is 0 Å². The number of benzene rings is 6. The van der Waals surface area contributed by atoms with Crippen molar-refractivity contribution >= 4 is 64.1 Å². The highest BCUT2D eigenvalue weighted by Crippen LogP contribution is 2.18. The summed E-state index contributed by atoms with van der Waals surface area (Å²) in [5.74, 6) is 2.14. The summed E-state index contributed by atoms with van der Waals surface area (Å²) in [5.41, 5.74) is 15.9. The zero-order valence-corrected chi connectivity index (χ0v) is 60.8. The second-order valence-electron chi connectivity index (χ2n) is 23.2. The molecule has 26 nitrogen and oxygen atoms in total. The van der Waals surface area contributed by atoms with Crippen LogP contribution in [0.15, 0.2) is 182 Å². The Labute approximate surface area is 607 Å². The summed E-state index contributed by atoms with van der Waals surface area (Å²) in [5, 5.41) is 32.1. The molecule has 0 fully saturated rings. The van der Waals surface area contributed by atoms with Gasteiger partial charge in [0.05, 0.1) is 83.3 Å². The first-order valence-corrected chi connectivity index (χ1v) is 33.0. The lowest BCUT2D eigenvalue weighted by molar-refractivity contribution is -0.139. The van der Waals surface area contributed by atoms with Gasteiger partial charge in [0.25, 0.3) is 0 Å². The fourth-order valence-electron chi connectivity index (χ4n) is 8.73. The number of nitrogens with one attached hydrogen (secondary N) is 2. The van der Waals surface area contributed by atoms with Crippen molar-refractivity contribution in [2.75, 3.05) is 134 Å². The molecular weight excluding hydrogens is 1330 g/mol. The van der Waals surface area contributed by atoms with E-state index in [-0.39, 0.29) is 83.9 Å². The summed E-state index contributed by atoms with van der Waals surface area (Å²) < 4.78 is 20.9. The molecule has 554 valence electrons. The van der Waals surface area contributed by atoms with Crippen LogP contribution in [0, 0.1) is 0 Å². The minimum Gasteiger partial charge on any atom is -0.508 e. The molecule has 2 amide bonds. The first-order valence-electron chi connectivity index (χ1n) is 33.0. The number of likely N-dealkylation sites (N-methyl/N-ethyl adjacent to an activating group) is 6. The van der Waals surface area contributed by atoms with Crippen LogP contribution in [0.25, 0.3) is 0 Å². The van der Waals surface area contributed by atoms with Gasteiger partial charge in [-0.25, -0.2) is 14.8 Å². The predicted molar refractivity (Wildman–Crippen MR) is 400 cm³/mol. The lowest BCUT2D eigenvalue weighted by Crippen LogP contribution is -2.33. The van der Waals surface area contributed by atoms with Crippen LogP contribution < -0.4 is 41.0 Å². The van der Waals surface area contributed by atoms with Crippen LogP contribution in [0.1, 0.15) is 94.3 Å². The number of phenols is 2. The molecule has 0 saturated carbocycles. The molecule has 6 aromatic carbocycles. The minimum atomic E-state index is -1.08. The third kappa shape index (κ3) is 34.6. The lowest BCUT2D eigenvalue weighted by Gasteiger charge is -2.16. The van der Waals surface area contributed by atoms with E-state index in [0.29, 0.717) is 108 Å². The lowest BCUT2D eigenvalue weighted by atomic mass is 10.1. The Kier molecular flexibility index (Phi) is 39.4. The number of ether oxygens (including phenoxy) is 4. The van der Waals surface area contributed by atoms with E-state index in [1.165, 1.54) is 65.4 Å². The van der Waals surface area contributed by atoms with Crippen molar-refractivity contribution in [3.8, 4) is 34.5 Å². The molecule has 26 heteroatoms. The Morgan fingerprint density at radius 3 is 0.885 bits per heavy atom. The van der Waals surface area contributed by atoms with Gasteiger partial charge in [0.2, 0.25) is 11.8 Å². The molecule has 0 bridgehead atoms. The number of carbonyl (C=O) groups is 9. The molecule has 0 spiro atoms. The van der Waals surface area contributed by atoms with Gasteiger partial charge in [-0.3, -0.25) is 38.4 Å². The Bertz CT molecular complexity index is 3970. The van der Waals surface area contributed by atoms with Crippen LogP contribution in [0.4, 0.5) is 11.6 Å². The summed E-state index contributed by atoms with van der Waals surface area (Å²) in [7, 11) is 14.1. The zero-order chi connectivity index (χ0) is 77.1. The number of nitrogens with two attached hydrogens (primary N) is 2. The Hall–Kier alpha value is -11.7.